The van der Waals surface area contributed by atoms with E-state index in [-0.39, 0.29) is 0 Å². The van der Waals surface area contributed by atoms with Gasteiger partial charge in [-0.3, -0.25) is 4.68 Å². The number of ether oxygens (including phenoxy) is 1. The molecule has 2 heterocycles. The lowest BCUT2D eigenvalue weighted by molar-refractivity contribution is 0.419. The number of hydrogen-bond donors (Lipinski definition) is 1. The van der Waals surface area contributed by atoms with Gasteiger partial charge in [0.1, 0.15) is 11.3 Å². The predicted octanol–water partition coefficient (Wildman–Crippen LogP) is 1.83. The van der Waals surface area contributed by atoms with Crippen LogP contribution in [0.5, 0.6) is 5.75 Å². The number of imidazole rings is 1. The number of benzene rings is 1. The van der Waals surface area contributed by atoms with Crippen molar-refractivity contribution in [2.45, 2.75) is 20.0 Å². The van der Waals surface area contributed by atoms with Gasteiger partial charge in [-0.2, -0.15) is 5.10 Å². The Hall–Kier alpha value is -2.50. The van der Waals surface area contributed by atoms with E-state index in [0.29, 0.717) is 5.95 Å². The second kappa shape index (κ2) is 4.88. The van der Waals surface area contributed by atoms with Gasteiger partial charge in [0.25, 0.3) is 0 Å². The Kier molecular flexibility index (Phi) is 3.06. The number of para-hydroxylation sites is 1. The van der Waals surface area contributed by atoms with E-state index >= 15 is 0 Å². The van der Waals surface area contributed by atoms with Crippen molar-refractivity contribution in [2.24, 2.45) is 0 Å². The van der Waals surface area contributed by atoms with Gasteiger partial charge >= 0.3 is 0 Å². The van der Waals surface area contributed by atoms with Gasteiger partial charge < -0.3 is 15.0 Å². The molecule has 0 radical (unpaired) electrons. The van der Waals surface area contributed by atoms with Crippen LogP contribution in [0, 0.1) is 6.92 Å². The first-order valence-electron chi connectivity index (χ1n) is 6.47. The molecule has 104 valence electrons. The largest absolute Gasteiger partial charge is 0.494 e. The van der Waals surface area contributed by atoms with Crippen LogP contribution in [0.1, 0.15) is 5.56 Å². The van der Waals surface area contributed by atoms with Crippen molar-refractivity contribution >= 4 is 17.0 Å². The summed E-state index contributed by atoms with van der Waals surface area (Å²) >= 11 is 0. The second-order valence-electron chi connectivity index (χ2n) is 4.73. The van der Waals surface area contributed by atoms with Crippen LogP contribution in [0.25, 0.3) is 11.0 Å². The van der Waals surface area contributed by atoms with Crippen LogP contribution >= 0.6 is 0 Å². The van der Waals surface area contributed by atoms with Crippen molar-refractivity contribution in [3.05, 3.63) is 36.2 Å². The van der Waals surface area contributed by atoms with Gasteiger partial charge in [0.2, 0.25) is 5.95 Å². The smallest absolute Gasteiger partial charge is 0.201 e. The van der Waals surface area contributed by atoms with Crippen molar-refractivity contribution < 1.29 is 4.74 Å². The Morgan fingerprint density at radius 3 is 2.85 bits per heavy atom. The van der Waals surface area contributed by atoms with Crippen LogP contribution in [-0.2, 0) is 13.1 Å². The molecule has 0 aliphatic heterocycles. The third-order valence-corrected chi connectivity index (χ3v) is 3.31. The third kappa shape index (κ3) is 2.09. The SMILES string of the molecule is COc1cccc2c1nc(N)n2CCn1cc(C)cn1. The first-order valence-corrected chi connectivity index (χ1v) is 6.47. The molecule has 0 amide bonds. The molecule has 0 saturated carbocycles. The van der Waals surface area contributed by atoms with Crippen LogP contribution in [0.4, 0.5) is 5.95 Å². The molecule has 0 bridgehead atoms. The normalized spacial score (nSPS) is 11.1. The van der Waals surface area contributed by atoms with Gasteiger partial charge in [-0.15, -0.1) is 0 Å². The molecular weight excluding hydrogens is 254 g/mol. The molecule has 20 heavy (non-hydrogen) atoms. The zero-order valence-corrected chi connectivity index (χ0v) is 11.6. The van der Waals surface area contributed by atoms with E-state index in [1.54, 1.807) is 7.11 Å². The molecule has 0 unspecified atom stereocenters. The highest BCUT2D eigenvalue weighted by Gasteiger charge is 2.11. The second-order valence-corrected chi connectivity index (χ2v) is 4.73. The van der Waals surface area contributed by atoms with Crippen molar-refractivity contribution in [3.8, 4) is 5.75 Å². The van der Waals surface area contributed by atoms with E-state index < -0.39 is 0 Å². The molecule has 6 heteroatoms. The summed E-state index contributed by atoms with van der Waals surface area (Å²) in [6.45, 7) is 3.49. The molecule has 2 aromatic heterocycles. The molecule has 0 saturated heterocycles. The average molecular weight is 271 g/mol. The number of anilines is 1. The molecule has 3 rings (SSSR count). The summed E-state index contributed by atoms with van der Waals surface area (Å²) in [4.78, 5) is 4.39. The average Bonchev–Trinajstić information content (AvgIpc) is 2.99. The highest BCUT2D eigenvalue weighted by molar-refractivity contribution is 5.84. The fourth-order valence-electron chi connectivity index (χ4n) is 2.33. The molecule has 0 fully saturated rings. The van der Waals surface area contributed by atoms with Gasteiger partial charge in [0.05, 0.1) is 25.4 Å². The number of nitrogen functional groups attached to an aromatic ring is 1. The van der Waals surface area contributed by atoms with Gasteiger partial charge in [-0.25, -0.2) is 4.98 Å². The zero-order valence-electron chi connectivity index (χ0n) is 11.6. The van der Waals surface area contributed by atoms with Crippen LogP contribution in [0.15, 0.2) is 30.6 Å². The minimum atomic E-state index is 0.494. The summed E-state index contributed by atoms with van der Waals surface area (Å²) in [5.41, 5.74) is 8.93. The van der Waals surface area contributed by atoms with E-state index in [1.807, 2.05) is 46.8 Å². The number of nitrogens with two attached hydrogens (primary N) is 1. The fraction of sp³-hybridized carbons (Fsp3) is 0.286. The van der Waals surface area contributed by atoms with E-state index in [2.05, 4.69) is 10.1 Å². The van der Waals surface area contributed by atoms with Crippen LogP contribution in [0.2, 0.25) is 0 Å². The predicted molar refractivity (Wildman–Crippen MR) is 77.7 cm³/mol. The molecular formula is C14H17N5O. The zero-order chi connectivity index (χ0) is 14.1. The van der Waals surface area contributed by atoms with E-state index in [0.717, 1.165) is 35.4 Å². The number of nitrogens with zero attached hydrogens (tertiary/aromatic N) is 4. The summed E-state index contributed by atoms with van der Waals surface area (Å²) in [6.07, 6.45) is 3.86. The van der Waals surface area contributed by atoms with Crippen LogP contribution in [0.3, 0.4) is 0 Å². The first kappa shape index (κ1) is 12.5. The van der Waals surface area contributed by atoms with Gasteiger partial charge in [-0.05, 0) is 24.6 Å². The fourth-order valence-corrected chi connectivity index (χ4v) is 2.33. The van der Waals surface area contributed by atoms with Crippen molar-refractivity contribution in [2.75, 3.05) is 12.8 Å². The van der Waals surface area contributed by atoms with Gasteiger partial charge in [-0.1, -0.05) is 6.07 Å². The Bertz CT molecular complexity index is 743. The molecule has 2 N–H and O–H groups in total. The Morgan fingerprint density at radius 1 is 1.30 bits per heavy atom. The summed E-state index contributed by atoms with van der Waals surface area (Å²) < 4.78 is 9.20. The lowest BCUT2D eigenvalue weighted by atomic mass is 10.3. The third-order valence-electron chi connectivity index (χ3n) is 3.31. The maximum atomic E-state index is 6.01. The molecule has 0 spiro atoms. The number of aromatic nitrogens is 4. The van der Waals surface area contributed by atoms with Crippen LogP contribution in [-0.4, -0.2) is 26.4 Å². The number of fused-ring (bicyclic) bond motifs is 1. The Labute approximate surface area is 116 Å². The quantitative estimate of drug-likeness (QED) is 0.786. The summed E-state index contributed by atoms with van der Waals surface area (Å²) in [6, 6.07) is 5.82. The highest BCUT2D eigenvalue weighted by Crippen LogP contribution is 2.26. The van der Waals surface area contributed by atoms with Gasteiger partial charge in [0.15, 0.2) is 0 Å². The standard InChI is InChI=1S/C14H17N5O/c1-10-8-16-18(9-10)6-7-19-11-4-3-5-12(20-2)13(11)17-14(19)15/h3-5,8-9H,6-7H2,1-2H3,(H2,15,17). The van der Waals surface area contributed by atoms with E-state index in [4.69, 9.17) is 10.5 Å². The lowest BCUT2D eigenvalue weighted by Gasteiger charge is -2.07. The minimum Gasteiger partial charge on any atom is -0.494 e. The number of rotatable bonds is 4. The number of hydrogen-bond acceptors (Lipinski definition) is 4. The van der Waals surface area contributed by atoms with E-state index in [9.17, 15) is 0 Å². The highest BCUT2D eigenvalue weighted by atomic mass is 16.5. The first-order chi connectivity index (χ1) is 9.69. The summed E-state index contributed by atoms with van der Waals surface area (Å²) in [7, 11) is 1.64. The number of aryl methyl sites for hydroxylation is 3. The molecule has 0 aliphatic carbocycles. The summed E-state index contributed by atoms with van der Waals surface area (Å²) in [5, 5.41) is 4.28. The summed E-state index contributed by atoms with van der Waals surface area (Å²) in [5.74, 6) is 1.23. The van der Waals surface area contributed by atoms with Crippen molar-refractivity contribution in [1.82, 2.24) is 19.3 Å². The molecule has 3 aromatic rings. The van der Waals surface area contributed by atoms with E-state index in [1.165, 1.54) is 0 Å². The van der Waals surface area contributed by atoms with Gasteiger partial charge in [0, 0.05) is 12.7 Å². The molecule has 6 nitrogen and oxygen atoms in total. The number of methoxy groups -OCH3 is 1. The molecule has 1 aromatic carbocycles. The molecule has 0 aliphatic rings. The Morgan fingerprint density at radius 2 is 2.15 bits per heavy atom. The monoisotopic (exact) mass is 271 g/mol. The lowest BCUT2D eigenvalue weighted by Crippen LogP contribution is -2.10. The maximum absolute atomic E-state index is 6.01. The van der Waals surface area contributed by atoms with Crippen LogP contribution < -0.4 is 10.5 Å². The van der Waals surface area contributed by atoms with Crippen molar-refractivity contribution in [1.29, 1.82) is 0 Å². The Balaban J connectivity index is 1.93. The molecule has 0 atom stereocenters. The topological polar surface area (TPSA) is 70.9 Å². The minimum absolute atomic E-state index is 0.494. The van der Waals surface area contributed by atoms with Crippen molar-refractivity contribution in [3.63, 3.8) is 0 Å². The maximum Gasteiger partial charge on any atom is 0.201 e.